The average Bonchev–Trinajstić information content (AvgIpc) is 3.41. The molecule has 0 aliphatic heterocycles. The van der Waals surface area contributed by atoms with Crippen LogP contribution in [0.15, 0.2) is 35.0 Å². The molecule has 4 aliphatic rings. The number of pyridine rings is 1. The third-order valence-corrected chi connectivity index (χ3v) is 11.7. The second-order valence-corrected chi connectivity index (χ2v) is 13.7. The SMILES string of the molecule is [C-]#[N+]CCn1ncc2c1C=C1CCC3C([C@@H](O)CC4(C)C3CC[C@]4(O)C(=O)CSc3cccc(C)n3)C1(C)C2. The van der Waals surface area contributed by atoms with E-state index in [1.165, 1.54) is 22.9 Å². The number of carbonyl (C=O) groups excluding carboxylic acids is 1. The summed E-state index contributed by atoms with van der Waals surface area (Å²) in [6, 6.07) is 5.77. The van der Waals surface area contributed by atoms with Crippen molar-refractivity contribution in [2.75, 3.05) is 12.3 Å². The molecule has 7 atom stereocenters. The van der Waals surface area contributed by atoms with Gasteiger partial charge in [-0.2, -0.15) is 5.10 Å². The number of allylic oxidation sites excluding steroid dienone is 1. The summed E-state index contributed by atoms with van der Waals surface area (Å²) < 4.78 is 1.95. The van der Waals surface area contributed by atoms with Gasteiger partial charge in [-0.1, -0.05) is 37.2 Å². The number of hydrogen-bond acceptors (Lipinski definition) is 6. The van der Waals surface area contributed by atoms with Crippen molar-refractivity contribution < 1.29 is 15.0 Å². The van der Waals surface area contributed by atoms with Crippen LogP contribution in [0.3, 0.4) is 0 Å². The monoisotopic (exact) mass is 546 g/mol. The minimum Gasteiger partial charge on any atom is -0.393 e. The molecule has 6 rings (SSSR count). The highest BCUT2D eigenvalue weighted by molar-refractivity contribution is 7.99. The van der Waals surface area contributed by atoms with E-state index in [2.05, 4.69) is 34.9 Å². The molecule has 2 aromatic rings. The van der Waals surface area contributed by atoms with Gasteiger partial charge >= 0.3 is 0 Å². The lowest BCUT2D eigenvalue weighted by molar-refractivity contribution is -0.177. The zero-order valence-electron chi connectivity index (χ0n) is 23.1. The van der Waals surface area contributed by atoms with Gasteiger partial charge in [-0.15, -0.1) is 0 Å². The van der Waals surface area contributed by atoms with Gasteiger partial charge in [0.1, 0.15) is 12.1 Å². The molecular formula is C31H38N4O3S. The predicted octanol–water partition coefficient (Wildman–Crippen LogP) is 4.75. The van der Waals surface area contributed by atoms with Crippen LogP contribution in [0.25, 0.3) is 10.9 Å². The van der Waals surface area contributed by atoms with E-state index < -0.39 is 17.1 Å². The van der Waals surface area contributed by atoms with E-state index in [0.29, 0.717) is 25.9 Å². The van der Waals surface area contributed by atoms with Crippen molar-refractivity contribution >= 4 is 23.6 Å². The van der Waals surface area contributed by atoms with E-state index >= 15 is 0 Å². The zero-order chi connectivity index (χ0) is 27.6. The number of hydrogen-bond donors (Lipinski definition) is 2. The molecule has 206 valence electrons. The lowest BCUT2D eigenvalue weighted by atomic mass is 9.45. The highest BCUT2D eigenvalue weighted by atomic mass is 32.2. The molecule has 0 saturated heterocycles. The molecule has 0 radical (unpaired) electrons. The lowest BCUT2D eigenvalue weighted by Gasteiger charge is -2.60. The number of fused-ring (bicyclic) bond motifs is 6. The first-order chi connectivity index (χ1) is 18.6. The first kappa shape index (κ1) is 26.7. The first-order valence-electron chi connectivity index (χ1n) is 14.2. The van der Waals surface area contributed by atoms with E-state index in [1.54, 1.807) is 0 Å². The number of ketones is 1. The van der Waals surface area contributed by atoms with Gasteiger partial charge in [0.25, 0.3) is 0 Å². The van der Waals surface area contributed by atoms with Crippen molar-refractivity contribution in [2.45, 2.75) is 82.6 Å². The fourth-order valence-electron chi connectivity index (χ4n) is 8.88. The molecule has 0 aromatic carbocycles. The van der Waals surface area contributed by atoms with Crippen LogP contribution >= 0.6 is 11.8 Å². The van der Waals surface area contributed by atoms with E-state index in [0.717, 1.165) is 42.1 Å². The second-order valence-electron chi connectivity index (χ2n) is 12.7. The first-order valence-corrected chi connectivity index (χ1v) is 15.2. The maximum Gasteiger partial charge on any atom is 0.234 e. The number of rotatable bonds is 6. The Morgan fingerprint density at radius 3 is 2.90 bits per heavy atom. The Kier molecular flexibility index (Phi) is 6.56. The van der Waals surface area contributed by atoms with E-state index in [-0.39, 0.29) is 34.7 Å². The second kappa shape index (κ2) is 9.57. The summed E-state index contributed by atoms with van der Waals surface area (Å²) in [6.45, 7) is 14.5. The Bertz CT molecular complexity index is 1380. The fourth-order valence-corrected chi connectivity index (χ4v) is 9.78. The topological polar surface area (TPSA) is 92.6 Å². The van der Waals surface area contributed by atoms with Crippen LogP contribution in [0.1, 0.15) is 62.9 Å². The Labute approximate surface area is 234 Å². The summed E-state index contributed by atoms with van der Waals surface area (Å²) in [5, 5.41) is 29.2. The number of nitrogens with zero attached hydrogens (tertiary/aromatic N) is 4. The molecule has 2 heterocycles. The lowest BCUT2D eigenvalue weighted by Crippen LogP contribution is -2.62. The minimum atomic E-state index is -1.43. The van der Waals surface area contributed by atoms with E-state index in [9.17, 15) is 15.0 Å². The Hall–Kier alpha value is -2.47. The van der Waals surface area contributed by atoms with Gasteiger partial charge in [0, 0.05) is 11.1 Å². The van der Waals surface area contributed by atoms with Gasteiger partial charge in [0.05, 0.1) is 28.8 Å². The molecule has 0 bridgehead atoms. The summed E-state index contributed by atoms with van der Waals surface area (Å²) in [4.78, 5) is 21.6. The largest absolute Gasteiger partial charge is 0.393 e. The van der Waals surface area contributed by atoms with Gasteiger partial charge in [-0.05, 0) is 92.4 Å². The average molecular weight is 547 g/mol. The summed E-state index contributed by atoms with van der Waals surface area (Å²) >= 11 is 1.39. The van der Waals surface area contributed by atoms with Crippen LogP contribution < -0.4 is 0 Å². The molecule has 8 heteroatoms. The number of aromatic nitrogens is 3. The zero-order valence-corrected chi connectivity index (χ0v) is 23.9. The molecule has 39 heavy (non-hydrogen) atoms. The summed E-state index contributed by atoms with van der Waals surface area (Å²) in [5.41, 5.74) is 2.32. The third-order valence-electron chi connectivity index (χ3n) is 10.7. The molecule has 0 amide bonds. The quantitative estimate of drug-likeness (QED) is 0.401. The molecule has 2 N–H and O–H groups in total. The highest BCUT2D eigenvalue weighted by Crippen LogP contribution is 2.67. The van der Waals surface area contributed by atoms with Crippen LogP contribution in [-0.4, -0.2) is 54.8 Å². The molecule has 7 nitrogen and oxygen atoms in total. The number of aliphatic hydroxyl groups excluding tert-OH is 1. The van der Waals surface area contributed by atoms with Crippen molar-refractivity contribution in [3.8, 4) is 0 Å². The maximum atomic E-state index is 13.6. The van der Waals surface area contributed by atoms with Crippen LogP contribution in [0, 0.1) is 42.1 Å². The van der Waals surface area contributed by atoms with Crippen molar-refractivity contribution in [2.24, 2.45) is 28.6 Å². The van der Waals surface area contributed by atoms with Crippen molar-refractivity contribution in [1.82, 2.24) is 14.8 Å². The number of thioether (sulfide) groups is 1. The smallest absolute Gasteiger partial charge is 0.234 e. The predicted molar refractivity (Wildman–Crippen MR) is 151 cm³/mol. The Balaban J connectivity index is 1.25. The number of aryl methyl sites for hydroxylation is 1. The number of carbonyl (C=O) groups is 1. The number of aliphatic hydroxyl groups is 2. The molecule has 5 unspecified atom stereocenters. The minimum absolute atomic E-state index is 0.0821. The van der Waals surface area contributed by atoms with Gasteiger partial charge < -0.3 is 15.1 Å². The number of Topliss-reactive ketones (excluding diaryl/α,β-unsaturated/α-hetero) is 1. The highest BCUT2D eigenvalue weighted by Gasteiger charge is 2.68. The van der Waals surface area contributed by atoms with Crippen LogP contribution in [0.4, 0.5) is 0 Å². The molecule has 2 aromatic heterocycles. The maximum absolute atomic E-state index is 13.6. The van der Waals surface area contributed by atoms with E-state index in [1.807, 2.05) is 36.0 Å². The van der Waals surface area contributed by atoms with Gasteiger partial charge in [-0.3, -0.25) is 9.48 Å². The Morgan fingerprint density at radius 1 is 1.31 bits per heavy atom. The normalized spacial score (nSPS) is 36.7. The fraction of sp³-hybridized carbons (Fsp3) is 0.613. The molecular weight excluding hydrogens is 508 g/mol. The summed E-state index contributed by atoms with van der Waals surface area (Å²) in [7, 11) is 0. The van der Waals surface area contributed by atoms with Crippen LogP contribution in [0.2, 0.25) is 0 Å². The third kappa shape index (κ3) is 4.03. The van der Waals surface area contributed by atoms with Crippen molar-refractivity contribution in [3.63, 3.8) is 0 Å². The van der Waals surface area contributed by atoms with Crippen molar-refractivity contribution in [1.29, 1.82) is 0 Å². The molecule has 3 saturated carbocycles. The van der Waals surface area contributed by atoms with E-state index in [4.69, 9.17) is 6.57 Å². The standard InChI is InChI=1S/C31H38N4O3S/c1-19-6-5-7-27(34-19)39-18-26(37)31(38)11-10-23-22-9-8-21-14-24-20(17-33-35(24)13-12-32-4)15-29(21,2)28(22)25(36)16-30(23,31)3/h5-7,14,17,22-23,25,28,36,38H,8-13,15-16,18H2,1-3H3/t22?,23?,25-,28?,29?,30?,31-/m0/s1. The molecule has 3 fully saturated rings. The molecule has 4 aliphatic carbocycles. The van der Waals surface area contributed by atoms with Crippen LogP contribution in [-0.2, 0) is 17.8 Å². The Morgan fingerprint density at radius 2 is 2.13 bits per heavy atom. The van der Waals surface area contributed by atoms with Gasteiger partial charge in [-0.25, -0.2) is 11.6 Å². The van der Waals surface area contributed by atoms with Gasteiger partial charge in [0.2, 0.25) is 6.54 Å². The van der Waals surface area contributed by atoms with Crippen LogP contribution in [0.5, 0.6) is 0 Å². The molecule has 0 spiro atoms. The summed E-state index contributed by atoms with van der Waals surface area (Å²) in [5.74, 6) is 0.585. The van der Waals surface area contributed by atoms with Gasteiger partial charge in [0.15, 0.2) is 5.78 Å². The summed E-state index contributed by atoms with van der Waals surface area (Å²) in [6.07, 6.45) is 8.08. The van der Waals surface area contributed by atoms with Crippen molar-refractivity contribution in [3.05, 3.63) is 58.3 Å².